The predicted octanol–water partition coefficient (Wildman–Crippen LogP) is 2.11. The maximum Gasteiger partial charge on any atom is 0.154 e. The van der Waals surface area contributed by atoms with E-state index in [0.29, 0.717) is 11.7 Å². The third-order valence-electron chi connectivity index (χ3n) is 3.60. The van der Waals surface area contributed by atoms with E-state index in [-0.39, 0.29) is 11.3 Å². The monoisotopic (exact) mass is 247 g/mol. The van der Waals surface area contributed by atoms with Crippen LogP contribution < -0.4 is 5.73 Å². The summed E-state index contributed by atoms with van der Waals surface area (Å²) in [7, 11) is -2.96. The Hall–Kier alpha value is -0.0900. The van der Waals surface area contributed by atoms with E-state index in [0.717, 1.165) is 38.5 Å². The van der Waals surface area contributed by atoms with Gasteiger partial charge in [0.1, 0.15) is 0 Å². The second-order valence-electron chi connectivity index (χ2n) is 5.19. The number of unbranched alkanes of at least 4 members (excludes halogenated alkanes) is 2. The van der Waals surface area contributed by atoms with Crippen LogP contribution >= 0.6 is 0 Å². The zero-order valence-electron chi connectivity index (χ0n) is 10.5. The lowest BCUT2D eigenvalue weighted by atomic mass is 9.87. The van der Waals surface area contributed by atoms with E-state index in [1.54, 1.807) is 0 Å². The van der Waals surface area contributed by atoms with Crippen molar-refractivity contribution in [2.24, 2.45) is 11.7 Å². The Morgan fingerprint density at radius 2 is 1.94 bits per heavy atom. The van der Waals surface area contributed by atoms with Gasteiger partial charge in [0.2, 0.25) is 0 Å². The Morgan fingerprint density at radius 1 is 1.25 bits per heavy atom. The van der Waals surface area contributed by atoms with E-state index in [1.165, 1.54) is 0 Å². The molecule has 0 amide bonds. The molecule has 0 saturated heterocycles. The summed E-state index contributed by atoms with van der Waals surface area (Å²) in [6.45, 7) is 4.21. The first kappa shape index (κ1) is 14.0. The lowest BCUT2D eigenvalue weighted by Gasteiger charge is -2.32. The molecule has 1 saturated carbocycles. The van der Waals surface area contributed by atoms with Crippen molar-refractivity contribution in [2.75, 3.05) is 5.75 Å². The third-order valence-corrected chi connectivity index (χ3v) is 5.92. The van der Waals surface area contributed by atoms with E-state index in [4.69, 9.17) is 5.73 Å². The highest BCUT2D eigenvalue weighted by Crippen LogP contribution is 2.28. The highest BCUT2D eigenvalue weighted by atomic mass is 32.2. The molecule has 0 aromatic heterocycles. The van der Waals surface area contributed by atoms with Gasteiger partial charge in [0, 0.05) is 6.04 Å². The number of hydrogen-bond donors (Lipinski definition) is 1. The van der Waals surface area contributed by atoms with Crippen LogP contribution in [0.15, 0.2) is 0 Å². The van der Waals surface area contributed by atoms with Gasteiger partial charge in [-0.3, -0.25) is 0 Å². The standard InChI is InChI=1S/C12H25NO2S/c1-3-4-5-8-16(14,15)12-9-10(2)6-7-11(12)13/h10-12H,3-9,13H2,1-2H3. The topological polar surface area (TPSA) is 60.2 Å². The Kier molecular flexibility index (Phi) is 5.25. The summed E-state index contributed by atoms with van der Waals surface area (Å²) in [5, 5.41) is -0.284. The molecule has 16 heavy (non-hydrogen) atoms. The molecule has 3 unspecified atom stereocenters. The van der Waals surface area contributed by atoms with Gasteiger partial charge in [-0.05, 0) is 31.6 Å². The van der Waals surface area contributed by atoms with Crippen LogP contribution in [0.2, 0.25) is 0 Å². The van der Waals surface area contributed by atoms with Crippen LogP contribution in [0.3, 0.4) is 0 Å². The molecule has 0 radical (unpaired) electrons. The summed E-state index contributed by atoms with van der Waals surface area (Å²) in [6.07, 6.45) is 5.53. The molecule has 96 valence electrons. The van der Waals surface area contributed by atoms with Gasteiger partial charge in [0.15, 0.2) is 9.84 Å². The van der Waals surface area contributed by atoms with Crippen molar-refractivity contribution >= 4 is 9.84 Å². The van der Waals surface area contributed by atoms with Crippen LogP contribution in [0.1, 0.15) is 52.4 Å². The van der Waals surface area contributed by atoms with Gasteiger partial charge in [0.05, 0.1) is 11.0 Å². The minimum absolute atomic E-state index is 0.136. The largest absolute Gasteiger partial charge is 0.327 e. The van der Waals surface area contributed by atoms with Crippen LogP contribution in [0.5, 0.6) is 0 Å². The SMILES string of the molecule is CCCCCS(=O)(=O)C1CC(C)CCC1N. The summed E-state index contributed by atoms with van der Waals surface area (Å²) < 4.78 is 24.3. The number of hydrogen-bond acceptors (Lipinski definition) is 3. The first-order valence-corrected chi connectivity index (χ1v) is 8.16. The lowest BCUT2D eigenvalue weighted by molar-refractivity contribution is 0.346. The Morgan fingerprint density at radius 3 is 2.56 bits per heavy atom. The molecule has 1 fully saturated rings. The molecule has 4 heteroatoms. The van der Waals surface area contributed by atoms with Crippen molar-refractivity contribution in [2.45, 2.75) is 63.7 Å². The van der Waals surface area contributed by atoms with Crippen LogP contribution in [0, 0.1) is 5.92 Å². The second kappa shape index (κ2) is 6.01. The zero-order valence-corrected chi connectivity index (χ0v) is 11.3. The minimum Gasteiger partial charge on any atom is -0.327 e. The molecular weight excluding hydrogens is 222 g/mol. The summed E-state index contributed by atoms with van der Waals surface area (Å²) in [4.78, 5) is 0. The lowest BCUT2D eigenvalue weighted by Crippen LogP contribution is -2.45. The fraction of sp³-hybridized carbons (Fsp3) is 1.00. The summed E-state index contributed by atoms with van der Waals surface area (Å²) in [5.74, 6) is 0.831. The molecule has 2 N–H and O–H groups in total. The van der Waals surface area contributed by atoms with Crippen LogP contribution in [-0.4, -0.2) is 25.5 Å². The number of nitrogens with two attached hydrogens (primary N) is 1. The molecule has 0 bridgehead atoms. The number of rotatable bonds is 5. The van der Waals surface area contributed by atoms with E-state index < -0.39 is 9.84 Å². The molecule has 1 aliphatic carbocycles. The highest BCUT2D eigenvalue weighted by molar-refractivity contribution is 7.92. The van der Waals surface area contributed by atoms with Crippen molar-refractivity contribution in [1.82, 2.24) is 0 Å². The average Bonchev–Trinajstić information content (AvgIpc) is 2.22. The molecule has 3 nitrogen and oxygen atoms in total. The Labute approximate surface area is 99.7 Å². The van der Waals surface area contributed by atoms with Crippen molar-refractivity contribution < 1.29 is 8.42 Å². The fourth-order valence-corrected chi connectivity index (χ4v) is 4.67. The maximum atomic E-state index is 12.1. The zero-order chi connectivity index (χ0) is 12.2. The predicted molar refractivity (Wildman–Crippen MR) is 68.1 cm³/mol. The van der Waals surface area contributed by atoms with Crippen molar-refractivity contribution in [3.05, 3.63) is 0 Å². The Balaban J connectivity index is 2.58. The van der Waals surface area contributed by atoms with Gasteiger partial charge in [-0.2, -0.15) is 0 Å². The Bertz CT molecular complexity index is 300. The molecule has 0 spiro atoms. The molecule has 3 atom stereocenters. The molecular formula is C12H25NO2S. The molecule has 0 aliphatic heterocycles. The quantitative estimate of drug-likeness (QED) is 0.757. The van der Waals surface area contributed by atoms with Crippen molar-refractivity contribution in [3.63, 3.8) is 0 Å². The second-order valence-corrected chi connectivity index (χ2v) is 7.53. The first-order valence-electron chi connectivity index (χ1n) is 6.44. The van der Waals surface area contributed by atoms with Gasteiger partial charge >= 0.3 is 0 Å². The molecule has 0 aromatic carbocycles. The van der Waals surface area contributed by atoms with Gasteiger partial charge in [0.25, 0.3) is 0 Å². The van der Waals surface area contributed by atoms with E-state index in [2.05, 4.69) is 13.8 Å². The molecule has 0 aromatic rings. The van der Waals surface area contributed by atoms with E-state index in [1.807, 2.05) is 0 Å². The summed E-state index contributed by atoms with van der Waals surface area (Å²) in [5.41, 5.74) is 5.95. The van der Waals surface area contributed by atoms with Gasteiger partial charge in [-0.25, -0.2) is 8.42 Å². The van der Waals surface area contributed by atoms with Crippen LogP contribution in [-0.2, 0) is 9.84 Å². The highest BCUT2D eigenvalue weighted by Gasteiger charge is 2.35. The smallest absolute Gasteiger partial charge is 0.154 e. The van der Waals surface area contributed by atoms with Gasteiger partial charge < -0.3 is 5.73 Å². The first-order chi connectivity index (χ1) is 7.47. The van der Waals surface area contributed by atoms with Crippen molar-refractivity contribution in [3.8, 4) is 0 Å². The molecule has 1 rings (SSSR count). The van der Waals surface area contributed by atoms with Crippen LogP contribution in [0.4, 0.5) is 0 Å². The fourth-order valence-electron chi connectivity index (χ4n) is 2.47. The third kappa shape index (κ3) is 3.74. The number of sulfone groups is 1. The summed E-state index contributed by atoms with van der Waals surface area (Å²) >= 11 is 0. The maximum absolute atomic E-state index is 12.1. The van der Waals surface area contributed by atoms with Gasteiger partial charge in [-0.15, -0.1) is 0 Å². The average molecular weight is 247 g/mol. The van der Waals surface area contributed by atoms with E-state index >= 15 is 0 Å². The van der Waals surface area contributed by atoms with Crippen LogP contribution in [0.25, 0.3) is 0 Å². The van der Waals surface area contributed by atoms with Gasteiger partial charge in [-0.1, -0.05) is 26.7 Å². The normalized spacial score (nSPS) is 31.6. The summed E-state index contributed by atoms with van der Waals surface area (Å²) in [6, 6.07) is -0.136. The minimum atomic E-state index is -2.96. The van der Waals surface area contributed by atoms with E-state index in [9.17, 15) is 8.42 Å². The van der Waals surface area contributed by atoms with Crippen molar-refractivity contribution in [1.29, 1.82) is 0 Å². The molecule has 0 heterocycles. The molecule has 1 aliphatic rings.